The van der Waals surface area contributed by atoms with E-state index in [9.17, 15) is 9.18 Å². The van der Waals surface area contributed by atoms with Crippen molar-refractivity contribution in [2.24, 2.45) is 0 Å². The van der Waals surface area contributed by atoms with Crippen molar-refractivity contribution < 1.29 is 13.9 Å². The van der Waals surface area contributed by atoms with Crippen LogP contribution in [0.15, 0.2) is 24.3 Å². The molecule has 0 bridgehead atoms. The van der Waals surface area contributed by atoms with Crippen molar-refractivity contribution >= 4 is 11.5 Å². The van der Waals surface area contributed by atoms with Crippen molar-refractivity contribution in [3.8, 4) is 0 Å². The average Bonchev–Trinajstić information content (AvgIpc) is 2.51. The van der Waals surface area contributed by atoms with Crippen LogP contribution in [0.3, 0.4) is 0 Å². The number of hydrogen-bond donors (Lipinski definition) is 0. The SMILES string of the molecule is Cc1ccc(C2=CC(=O)OC2)c(F)c1. The first-order valence-corrected chi connectivity index (χ1v) is 4.30. The van der Waals surface area contributed by atoms with Gasteiger partial charge in [-0.05, 0) is 18.6 Å². The van der Waals surface area contributed by atoms with Gasteiger partial charge in [-0.3, -0.25) is 0 Å². The highest BCUT2D eigenvalue weighted by Crippen LogP contribution is 2.22. The Hall–Kier alpha value is -1.64. The van der Waals surface area contributed by atoms with Gasteiger partial charge in [0, 0.05) is 17.2 Å². The number of rotatable bonds is 1. The third-order valence-corrected chi connectivity index (χ3v) is 2.13. The Morgan fingerprint density at radius 1 is 1.43 bits per heavy atom. The zero-order valence-corrected chi connectivity index (χ0v) is 7.71. The van der Waals surface area contributed by atoms with Gasteiger partial charge in [0.05, 0.1) is 0 Å². The minimum atomic E-state index is -0.403. The highest BCUT2D eigenvalue weighted by molar-refractivity contribution is 5.95. The molecule has 0 atom stereocenters. The zero-order chi connectivity index (χ0) is 10.1. The lowest BCUT2D eigenvalue weighted by Crippen LogP contribution is -1.93. The highest BCUT2D eigenvalue weighted by Gasteiger charge is 2.17. The van der Waals surface area contributed by atoms with E-state index in [-0.39, 0.29) is 12.4 Å². The summed E-state index contributed by atoms with van der Waals surface area (Å²) < 4.78 is 18.1. The normalized spacial score (nSPS) is 15.3. The van der Waals surface area contributed by atoms with Crippen LogP contribution in [0.5, 0.6) is 0 Å². The second kappa shape index (κ2) is 3.25. The number of halogens is 1. The van der Waals surface area contributed by atoms with Gasteiger partial charge < -0.3 is 4.74 Å². The first-order chi connectivity index (χ1) is 6.66. The van der Waals surface area contributed by atoms with Gasteiger partial charge in [0.15, 0.2) is 0 Å². The maximum atomic E-state index is 13.4. The van der Waals surface area contributed by atoms with Gasteiger partial charge in [0.2, 0.25) is 0 Å². The molecule has 14 heavy (non-hydrogen) atoms. The van der Waals surface area contributed by atoms with Gasteiger partial charge in [-0.2, -0.15) is 0 Å². The number of benzene rings is 1. The van der Waals surface area contributed by atoms with Gasteiger partial charge >= 0.3 is 5.97 Å². The number of carbonyl (C=O) groups excluding carboxylic acids is 1. The summed E-state index contributed by atoms with van der Waals surface area (Å²) in [5, 5.41) is 0. The molecule has 0 aliphatic carbocycles. The molecule has 1 aromatic carbocycles. The molecular formula is C11H9FO2. The van der Waals surface area contributed by atoms with Gasteiger partial charge in [0.25, 0.3) is 0 Å². The van der Waals surface area contributed by atoms with E-state index in [0.717, 1.165) is 5.56 Å². The van der Waals surface area contributed by atoms with Gasteiger partial charge in [-0.25, -0.2) is 9.18 Å². The first kappa shape index (κ1) is 8.94. The summed E-state index contributed by atoms with van der Waals surface area (Å²) in [6.45, 7) is 1.98. The van der Waals surface area contributed by atoms with Crippen molar-refractivity contribution in [3.05, 3.63) is 41.2 Å². The van der Waals surface area contributed by atoms with Crippen LogP contribution in [-0.4, -0.2) is 12.6 Å². The second-order valence-corrected chi connectivity index (χ2v) is 3.26. The Morgan fingerprint density at radius 3 is 2.79 bits per heavy atom. The fraction of sp³-hybridized carbons (Fsp3) is 0.182. The predicted molar refractivity (Wildman–Crippen MR) is 50.1 cm³/mol. The number of hydrogen-bond acceptors (Lipinski definition) is 2. The Balaban J connectivity index is 2.42. The second-order valence-electron chi connectivity index (χ2n) is 3.26. The molecule has 3 heteroatoms. The standard InChI is InChI=1S/C11H9FO2/c1-7-2-3-9(10(12)4-7)8-5-11(13)14-6-8/h2-5H,6H2,1H3. The van der Waals surface area contributed by atoms with Gasteiger partial charge in [0.1, 0.15) is 12.4 Å². The van der Waals surface area contributed by atoms with E-state index < -0.39 is 5.97 Å². The lowest BCUT2D eigenvalue weighted by molar-refractivity contribution is -0.134. The molecule has 0 unspecified atom stereocenters. The fourth-order valence-electron chi connectivity index (χ4n) is 1.41. The van der Waals surface area contributed by atoms with Gasteiger partial charge in [-0.15, -0.1) is 0 Å². The first-order valence-electron chi connectivity index (χ1n) is 4.30. The monoisotopic (exact) mass is 192 g/mol. The van der Waals surface area contributed by atoms with Crippen LogP contribution in [0.2, 0.25) is 0 Å². The molecule has 1 aliphatic heterocycles. The summed E-state index contributed by atoms with van der Waals surface area (Å²) in [5.41, 5.74) is 1.91. The molecule has 1 aromatic rings. The predicted octanol–water partition coefficient (Wildman–Crippen LogP) is 2.07. The van der Waals surface area contributed by atoms with Gasteiger partial charge in [-0.1, -0.05) is 12.1 Å². The molecule has 0 amide bonds. The molecule has 72 valence electrons. The molecule has 0 radical (unpaired) electrons. The molecule has 0 saturated heterocycles. The van der Waals surface area contributed by atoms with E-state index in [1.807, 2.05) is 13.0 Å². The summed E-state index contributed by atoms with van der Waals surface area (Å²) in [6.07, 6.45) is 1.33. The Bertz CT molecular complexity index is 421. The van der Waals surface area contributed by atoms with Crippen LogP contribution in [0.1, 0.15) is 11.1 Å². The van der Waals surface area contributed by atoms with Crippen LogP contribution in [0.25, 0.3) is 5.57 Å². The summed E-state index contributed by atoms with van der Waals surface area (Å²) in [6, 6.07) is 4.92. The zero-order valence-electron chi connectivity index (χ0n) is 7.71. The molecule has 2 rings (SSSR count). The molecule has 0 N–H and O–H groups in total. The van der Waals surface area contributed by atoms with E-state index in [4.69, 9.17) is 4.74 Å². The molecule has 0 aromatic heterocycles. The summed E-state index contributed by atoms with van der Waals surface area (Å²) in [4.78, 5) is 10.8. The van der Waals surface area contributed by atoms with Crippen molar-refractivity contribution in [1.82, 2.24) is 0 Å². The van der Waals surface area contributed by atoms with Crippen molar-refractivity contribution in [2.45, 2.75) is 6.92 Å². The largest absolute Gasteiger partial charge is 0.458 e. The smallest absolute Gasteiger partial charge is 0.331 e. The maximum Gasteiger partial charge on any atom is 0.331 e. The molecule has 0 spiro atoms. The maximum absolute atomic E-state index is 13.4. The van der Waals surface area contributed by atoms with Crippen molar-refractivity contribution in [3.63, 3.8) is 0 Å². The van der Waals surface area contributed by atoms with Crippen LogP contribution in [-0.2, 0) is 9.53 Å². The fourth-order valence-corrected chi connectivity index (χ4v) is 1.41. The summed E-state index contributed by atoms with van der Waals surface area (Å²) >= 11 is 0. The number of aryl methyl sites for hydroxylation is 1. The molecule has 1 aliphatic rings. The number of esters is 1. The molecule has 1 heterocycles. The van der Waals surface area contributed by atoms with E-state index in [1.165, 1.54) is 12.1 Å². The number of cyclic esters (lactones) is 1. The lowest BCUT2D eigenvalue weighted by atomic mass is 10.0. The Kier molecular flexibility index (Phi) is 2.08. The number of carbonyl (C=O) groups is 1. The van der Waals surface area contributed by atoms with Crippen LogP contribution in [0, 0.1) is 12.7 Å². The van der Waals surface area contributed by atoms with Crippen molar-refractivity contribution in [2.75, 3.05) is 6.61 Å². The van der Waals surface area contributed by atoms with E-state index in [0.29, 0.717) is 11.1 Å². The van der Waals surface area contributed by atoms with Crippen LogP contribution >= 0.6 is 0 Å². The molecule has 0 saturated carbocycles. The summed E-state index contributed by atoms with van der Waals surface area (Å²) in [5.74, 6) is -0.713. The Morgan fingerprint density at radius 2 is 2.21 bits per heavy atom. The molecule has 0 fully saturated rings. The minimum Gasteiger partial charge on any atom is -0.458 e. The third-order valence-electron chi connectivity index (χ3n) is 2.13. The van der Waals surface area contributed by atoms with Crippen LogP contribution < -0.4 is 0 Å². The van der Waals surface area contributed by atoms with Crippen molar-refractivity contribution in [1.29, 1.82) is 0 Å². The minimum absolute atomic E-state index is 0.165. The molecular weight excluding hydrogens is 183 g/mol. The topological polar surface area (TPSA) is 26.3 Å². The third kappa shape index (κ3) is 1.53. The highest BCUT2D eigenvalue weighted by atomic mass is 19.1. The average molecular weight is 192 g/mol. The Labute approximate surface area is 81.0 Å². The molecule has 2 nitrogen and oxygen atoms in total. The lowest BCUT2D eigenvalue weighted by Gasteiger charge is -2.03. The van der Waals surface area contributed by atoms with Crippen LogP contribution in [0.4, 0.5) is 4.39 Å². The number of ether oxygens (including phenoxy) is 1. The van der Waals surface area contributed by atoms with E-state index in [2.05, 4.69) is 0 Å². The quantitative estimate of drug-likeness (QED) is 0.637. The summed E-state index contributed by atoms with van der Waals surface area (Å²) in [7, 11) is 0. The van der Waals surface area contributed by atoms with E-state index in [1.54, 1.807) is 6.07 Å². The van der Waals surface area contributed by atoms with E-state index >= 15 is 0 Å².